The van der Waals surface area contributed by atoms with E-state index in [9.17, 15) is 0 Å². The first kappa shape index (κ1) is 7.38. The minimum atomic E-state index is 0.638. The van der Waals surface area contributed by atoms with Crippen molar-refractivity contribution < 1.29 is 0 Å². The van der Waals surface area contributed by atoms with Gasteiger partial charge < -0.3 is 0 Å². The van der Waals surface area contributed by atoms with Gasteiger partial charge in [0.05, 0.1) is 5.69 Å². The molecule has 0 unspecified atom stereocenters. The van der Waals surface area contributed by atoms with Crippen molar-refractivity contribution in [1.29, 1.82) is 0 Å². The van der Waals surface area contributed by atoms with Crippen LogP contribution in [0.5, 0.6) is 0 Å². The molecule has 1 rings (SSSR count). The normalized spacial score (nSPS) is 10.0. The van der Waals surface area contributed by atoms with Crippen LogP contribution in [0.2, 0.25) is 4.47 Å². The molecule has 1 aromatic rings. The first-order valence-corrected chi connectivity index (χ1v) is 5.07. The van der Waals surface area contributed by atoms with Crippen molar-refractivity contribution in [2.24, 2.45) is 0 Å². The Morgan fingerprint density at radius 3 is 3.11 bits per heavy atom. The predicted molar refractivity (Wildman–Crippen MR) is 44.3 cm³/mol. The fourth-order valence-electron chi connectivity index (χ4n) is 0.496. The van der Waals surface area contributed by atoms with Crippen molar-refractivity contribution in [1.82, 2.24) is 4.98 Å². The number of aromatic nitrogens is 1. The standard InChI is InChI=1S/C5H6ClNS2/c1-8-2-4-3-9-5(6)7-4/h3H,2H2,1H3. The van der Waals surface area contributed by atoms with Gasteiger partial charge >= 0.3 is 0 Å². The van der Waals surface area contributed by atoms with Crippen LogP contribution in [0, 0.1) is 0 Å². The van der Waals surface area contributed by atoms with Crippen LogP contribution in [-0.2, 0) is 5.75 Å². The minimum absolute atomic E-state index is 0.638. The number of thioether (sulfide) groups is 1. The summed E-state index contributed by atoms with van der Waals surface area (Å²) in [6.07, 6.45) is 2.05. The molecule has 1 nitrogen and oxygen atoms in total. The van der Waals surface area contributed by atoms with Gasteiger partial charge in [-0.25, -0.2) is 4.98 Å². The highest BCUT2D eigenvalue weighted by atomic mass is 35.5. The Bertz CT molecular complexity index is 187. The largest absolute Gasteiger partial charge is 0.229 e. The van der Waals surface area contributed by atoms with E-state index in [4.69, 9.17) is 11.6 Å². The van der Waals surface area contributed by atoms with Crippen LogP contribution >= 0.6 is 34.7 Å². The summed E-state index contributed by atoms with van der Waals surface area (Å²) in [4.78, 5) is 4.06. The van der Waals surface area contributed by atoms with Gasteiger partial charge in [0, 0.05) is 11.1 Å². The Morgan fingerprint density at radius 1 is 1.89 bits per heavy atom. The molecule has 1 aromatic heterocycles. The highest BCUT2D eigenvalue weighted by molar-refractivity contribution is 7.97. The van der Waals surface area contributed by atoms with Gasteiger partial charge in [0.25, 0.3) is 0 Å². The summed E-state index contributed by atoms with van der Waals surface area (Å²) >= 11 is 8.83. The molecule has 0 amide bonds. The lowest BCUT2D eigenvalue weighted by atomic mass is 10.6. The third kappa shape index (κ3) is 2.16. The molecule has 0 atom stereocenters. The van der Waals surface area contributed by atoms with Gasteiger partial charge in [-0.1, -0.05) is 11.6 Å². The maximum Gasteiger partial charge on any atom is 0.183 e. The Balaban J connectivity index is 2.61. The lowest BCUT2D eigenvalue weighted by Gasteiger charge is -1.85. The second-order valence-corrected chi connectivity index (χ2v) is 3.83. The lowest BCUT2D eigenvalue weighted by Crippen LogP contribution is -1.75. The van der Waals surface area contributed by atoms with Gasteiger partial charge in [0.15, 0.2) is 4.47 Å². The monoisotopic (exact) mass is 179 g/mol. The smallest absolute Gasteiger partial charge is 0.183 e. The van der Waals surface area contributed by atoms with E-state index < -0.39 is 0 Å². The summed E-state index contributed by atoms with van der Waals surface area (Å²) in [6, 6.07) is 0. The fourth-order valence-corrected chi connectivity index (χ4v) is 1.83. The molecular weight excluding hydrogens is 174 g/mol. The van der Waals surface area contributed by atoms with Crippen LogP contribution in [0.25, 0.3) is 0 Å². The van der Waals surface area contributed by atoms with E-state index in [-0.39, 0.29) is 0 Å². The molecule has 0 saturated carbocycles. The number of rotatable bonds is 2. The summed E-state index contributed by atoms with van der Waals surface area (Å²) in [5.74, 6) is 0.962. The van der Waals surface area contributed by atoms with Crippen LogP contribution in [0.1, 0.15) is 5.69 Å². The van der Waals surface area contributed by atoms with Gasteiger partial charge in [-0.2, -0.15) is 11.8 Å². The second kappa shape index (κ2) is 3.44. The zero-order chi connectivity index (χ0) is 6.69. The van der Waals surface area contributed by atoms with Crippen LogP contribution in [0.3, 0.4) is 0 Å². The number of hydrogen-bond donors (Lipinski definition) is 0. The number of hydrogen-bond acceptors (Lipinski definition) is 3. The molecule has 0 spiro atoms. The summed E-state index contributed by atoms with van der Waals surface area (Å²) in [5.41, 5.74) is 1.08. The minimum Gasteiger partial charge on any atom is -0.229 e. The number of halogens is 1. The predicted octanol–water partition coefficient (Wildman–Crippen LogP) is 2.66. The molecule has 1 heterocycles. The third-order valence-electron chi connectivity index (χ3n) is 0.816. The Morgan fingerprint density at radius 2 is 2.67 bits per heavy atom. The van der Waals surface area contributed by atoms with Crippen molar-refractivity contribution in [3.05, 3.63) is 15.5 Å². The van der Waals surface area contributed by atoms with Gasteiger partial charge in [-0.15, -0.1) is 11.3 Å². The average molecular weight is 180 g/mol. The van der Waals surface area contributed by atoms with Gasteiger partial charge in [-0.05, 0) is 6.26 Å². The van der Waals surface area contributed by atoms with E-state index >= 15 is 0 Å². The van der Waals surface area contributed by atoms with E-state index in [1.807, 2.05) is 11.6 Å². The van der Waals surface area contributed by atoms with Crippen LogP contribution in [0.4, 0.5) is 0 Å². The average Bonchev–Trinajstić information content (AvgIpc) is 2.17. The quantitative estimate of drug-likeness (QED) is 0.693. The molecule has 0 aromatic carbocycles. The van der Waals surface area contributed by atoms with E-state index in [2.05, 4.69) is 4.98 Å². The molecule has 50 valence electrons. The topological polar surface area (TPSA) is 12.9 Å². The first-order valence-electron chi connectivity index (χ1n) is 2.42. The summed E-state index contributed by atoms with van der Waals surface area (Å²) in [5, 5.41) is 1.98. The number of nitrogens with zero attached hydrogens (tertiary/aromatic N) is 1. The summed E-state index contributed by atoms with van der Waals surface area (Å²) < 4.78 is 0.638. The summed E-state index contributed by atoms with van der Waals surface area (Å²) in [7, 11) is 0. The van der Waals surface area contributed by atoms with Crippen LogP contribution in [-0.4, -0.2) is 11.2 Å². The van der Waals surface area contributed by atoms with E-state index in [0.717, 1.165) is 11.4 Å². The summed E-state index contributed by atoms with van der Waals surface area (Å²) in [6.45, 7) is 0. The van der Waals surface area contributed by atoms with Crippen molar-refractivity contribution in [3.63, 3.8) is 0 Å². The third-order valence-corrected chi connectivity index (χ3v) is 2.43. The van der Waals surface area contributed by atoms with Gasteiger partial charge in [0.2, 0.25) is 0 Å². The van der Waals surface area contributed by atoms with E-state index in [1.54, 1.807) is 11.8 Å². The van der Waals surface area contributed by atoms with Crippen molar-refractivity contribution >= 4 is 34.7 Å². The first-order chi connectivity index (χ1) is 4.33. The molecule has 0 fully saturated rings. The second-order valence-electron chi connectivity index (χ2n) is 1.52. The lowest BCUT2D eigenvalue weighted by molar-refractivity contribution is 1.24. The van der Waals surface area contributed by atoms with Crippen molar-refractivity contribution in [2.75, 3.05) is 6.26 Å². The molecule has 0 aliphatic rings. The molecule has 0 aliphatic carbocycles. The van der Waals surface area contributed by atoms with Gasteiger partial charge in [0.1, 0.15) is 0 Å². The molecule has 0 radical (unpaired) electrons. The molecule has 0 saturated heterocycles. The zero-order valence-electron chi connectivity index (χ0n) is 4.93. The van der Waals surface area contributed by atoms with Crippen LogP contribution < -0.4 is 0 Å². The van der Waals surface area contributed by atoms with Crippen LogP contribution in [0.15, 0.2) is 5.38 Å². The van der Waals surface area contributed by atoms with Crippen molar-refractivity contribution in [3.8, 4) is 0 Å². The van der Waals surface area contributed by atoms with Crippen molar-refractivity contribution in [2.45, 2.75) is 5.75 Å². The molecule has 4 heteroatoms. The number of thiazole rings is 1. The Hall–Kier alpha value is 0.270. The molecule has 0 N–H and O–H groups in total. The van der Waals surface area contributed by atoms with E-state index in [1.165, 1.54) is 11.3 Å². The molecule has 0 aliphatic heterocycles. The molecular formula is C5H6ClNS2. The molecule has 9 heavy (non-hydrogen) atoms. The fraction of sp³-hybridized carbons (Fsp3) is 0.400. The Labute approximate surface area is 67.4 Å². The Kier molecular flexibility index (Phi) is 2.82. The van der Waals surface area contributed by atoms with Gasteiger partial charge in [-0.3, -0.25) is 0 Å². The molecule has 0 bridgehead atoms. The maximum absolute atomic E-state index is 5.59. The highest BCUT2D eigenvalue weighted by Gasteiger charge is 1.95. The van der Waals surface area contributed by atoms with E-state index in [0.29, 0.717) is 4.47 Å². The highest BCUT2D eigenvalue weighted by Crippen LogP contribution is 2.17. The SMILES string of the molecule is CSCc1csc(Cl)n1. The zero-order valence-corrected chi connectivity index (χ0v) is 7.32. The maximum atomic E-state index is 5.59.